The summed E-state index contributed by atoms with van der Waals surface area (Å²) in [6, 6.07) is 12.1. The van der Waals surface area contributed by atoms with E-state index in [1.54, 1.807) is 0 Å². The van der Waals surface area contributed by atoms with Gasteiger partial charge in [0, 0.05) is 19.6 Å². The lowest BCUT2D eigenvalue weighted by Gasteiger charge is -2.12. The Bertz CT molecular complexity index is 698. The van der Waals surface area contributed by atoms with Gasteiger partial charge in [0.05, 0.1) is 11.4 Å². The van der Waals surface area contributed by atoms with Crippen molar-refractivity contribution in [3.05, 3.63) is 57.8 Å². The molecular formula is C20H28N4OS. The highest BCUT2D eigenvalue weighted by Gasteiger charge is 2.05. The van der Waals surface area contributed by atoms with E-state index in [-0.39, 0.29) is 5.91 Å². The molecule has 0 saturated heterocycles. The molecule has 0 bridgehead atoms. The zero-order chi connectivity index (χ0) is 18.6. The number of aliphatic imine (C=N–C) groups is 1. The van der Waals surface area contributed by atoms with Gasteiger partial charge in [-0.05, 0) is 42.3 Å². The second-order valence-corrected chi connectivity index (χ2v) is 6.78. The molecule has 1 amide bonds. The molecule has 6 heteroatoms. The Balaban J connectivity index is 1.75. The molecular weight excluding hydrogens is 344 g/mol. The predicted molar refractivity (Wildman–Crippen MR) is 110 cm³/mol. The van der Waals surface area contributed by atoms with Crippen molar-refractivity contribution in [1.82, 2.24) is 16.0 Å². The highest BCUT2D eigenvalue weighted by atomic mass is 32.1. The normalized spacial score (nSPS) is 11.2. The SMILES string of the molecule is CCNC(=NCc1ccccc1CC)NCCCNC(=O)c1cccs1. The number of carbonyl (C=O) groups is 1. The first kappa shape index (κ1) is 20.0. The Hall–Kier alpha value is -2.34. The zero-order valence-corrected chi connectivity index (χ0v) is 16.4. The van der Waals surface area contributed by atoms with Gasteiger partial charge >= 0.3 is 0 Å². The van der Waals surface area contributed by atoms with Crippen molar-refractivity contribution in [3.8, 4) is 0 Å². The number of nitrogens with one attached hydrogen (secondary N) is 3. The van der Waals surface area contributed by atoms with Gasteiger partial charge in [-0.2, -0.15) is 0 Å². The van der Waals surface area contributed by atoms with Crippen LogP contribution in [0.1, 0.15) is 41.1 Å². The summed E-state index contributed by atoms with van der Waals surface area (Å²) in [7, 11) is 0. The minimum atomic E-state index is -0.00301. The Labute approximate surface area is 159 Å². The number of aryl methyl sites for hydroxylation is 1. The van der Waals surface area contributed by atoms with Crippen LogP contribution in [0.4, 0.5) is 0 Å². The predicted octanol–water partition coefficient (Wildman–Crippen LogP) is 3.19. The standard InChI is InChI=1S/C20H28N4OS/c1-3-16-9-5-6-10-17(16)15-24-20(21-4-2)23-13-8-12-22-19(25)18-11-7-14-26-18/h5-7,9-11,14H,3-4,8,12-13,15H2,1-2H3,(H,22,25)(H2,21,23,24). The summed E-state index contributed by atoms with van der Waals surface area (Å²) in [4.78, 5) is 17.3. The second-order valence-electron chi connectivity index (χ2n) is 5.83. The smallest absolute Gasteiger partial charge is 0.261 e. The Morgan fingerprint density at radius 3 is 2.46 bits per heavy atom. The van der Waals surface area contributed by atoms with Gasteiger partial charge in [0.1, 0.15) is 0 Å². The lowest BCUT2D eigenvalue weighted by molar-refractivity contribution is 0.0957. The Kier molecular flexibility index (Phi) is 8.69. The monoisotopic (exact) mass is 372 g/mol. The van der Waals surface area contributed by atoms with E-state index in [4.69, 9.17) is 0 Å². The molecule has 0 aliphatic rings. The minimum Gasteiger partial charge on any atom is -0.357 e. The molecule has 0 radical (unpaired) electrons. The molecule has 140 valence electrons. The molecule has 2 aromatic rings. The van der Waals surface area contributed by atoms with Crippen molar-refractivity contribution in [2.24, 2.45) is 4.99 Å². The van der Waals surface area contributed by atoms with E-state index in [1.165, 1.54) is 22.5 Å². The van der Waals surface area contributed by atoms with Crippen LogP contribution in [0.2, 0.25) is 0 Å². The van der Waals surface area contributed by atoms with E-state index in [9.17, 15) is 4.79 Å². The van der Waals surface area contributed by atoms with Gasteiger partial charge in [-0.25, -0.2) is 4.99 Å². The molecule has 0 fully saturated rings. The first-order chi connectivity index (χ1) is 12.7. The highest BCUT2D eigenvalue weighted by Crippen LogP contribution is 2.10. The average molecular weight is 373 g/mol. The van der Waals surface area contributed by atoms with Crippen LogP contribution in [0, 0.1) is 0 Å². The van der Waals surface area contributed by atoms with Gasteiger partial charge in [-0.1, -0.05) is 37.3 Å². The number of benzene rings is 1. The first-order valence-corrected chi connectivity index (χ1v) is 10.0. The maximum atomic E-state index is 11.9. The summed E-state index contributed by atoms with van der Waals surface area (Å²) < 4.78 is 0. The van der Waals surface area contributed by atoms with Crippen LogP contribution in [0.3, 0.4) is 0 Å². The van der Waals surface area contributed by atoms with Crippen molar-refractivity contribution in [3.63, 3.8) is 0 Å². The van der Waals surface area contributed by atoms with E-state index in [0.717, 1.165) is 36.8 Å². The fourth-order valence-corrected chi connectivity index (χ4v) is 3.19. The molecule has 0 saturated carbocycles. The van der Waals surface area contributed by atoms with Crippen molar-refractivity contribution >= 4 is 23.2 Å². The molecule has 0 aliphatic heterocycles. The molecule has 1 aromatic carbocycles. The van der Waals surface area contributed by atoms with Gasteiger partial charge in [-0.3, -0.25) is 4.79 Å². The zero-order valence-electron chi connectivity index (χ0n) is 15.5. The summed E-state index contributed by atoms with van der Waals surface area (Å²) in [5.74, 6) is 0.805. The third kappa shape index (κ3) is 6.52. The van der Waals surface area contributed by atoms with Crippen LogP contribution in [-0.2, 0) is 13.0 Å². The number of hydrogen-bond acceptors (Lipinski definition) is 3. The molecule has 5 nitrogen and oxygen atoms in total. The van der Waals surface area contributed by atoms with Crippen LogP contribution in [0.15, 0.2) is 46.8 Å². The largest absolute Gasteiger partial charge is 0.357 e. The fraction of sp³-hybridized carbons (Fsp3) is 0.400. The van der Waals surface area contributed by atoms with Crippen molar-refractivity contribution in [2.75, 3.05) is 19.6 Å². The van der Waals surface area contributed by atoms with Crippen LogP contribution in [0.5, 0.6) is 0 Å². The maximum Gasteiger partial charge on any atom is 0.261 e. The van der Waals surface area contributed by atoms with Gasteiger partial charge in [0.25, 0.3) is 5.91 Å². The van der Waals surface area contributed by atoms with Crippen molar-refractivity contribution < 1.29 is 4.79 Å². The lowest BCUT2D eigenvalue weighted by Crippen LogP contribution is -2.38. The topological polar surface area (TPSA) is 65.5 Å². The summed E-state index contributed by atoms with van der Waals surface area (Å²) in [6.45, 7) is 7.09. The number of carbonyl (C=O) groups excluding carboxylic acids is 1. The quantitative estimate of drug-likeness (QED) is 0.360. The molecule has 2 rings (SSSR count). The molecule has 0 atom stereocenters. The number of amides is 1. The molecule has 26 heavy (non-hydrogen) atoms. The van der Waals surface area contributed by atoms with Crippen molar-refractivity contribution in [2.45, 2.75) is 33.2 Å². The first-order valence-electron chi connectivity index (χ1n) is 9.15. The molecule has 0 aliphatic carbocycles. The van der Waals surface area contributed by atoms with Gasteiger partial charge in [-0.15, -0.1) is 11.3 Å². The third-order valence-corrected chi connectivity index (χ3v) is 4.80. The number of guanidine groups is 1. The lowest BCUT2D eigenvalue weighted by atomic mass is 10.1. The number of nitrogens with zero attached hydrogens (tertiary/aromatic N) is 1. The molecule has 1 heterocycles. The molecule has 3 N–H and O–H groups in total. The summed E-state index contributed by atoms with van der Waals surface area (Å²) in [6.07, 6.45) is 1.85. The Morgan fingerprint density at radius 1 is 1.00 bits per heavy atom. The molecule has 1 aromatic heterocycles. The number of thiophene rings is 1. The van der Waals surface area contributed by atoms with E-state index in [1.807, 2.05) is 17.5 Å². The van der Waals surface area contributed by atoms with E-state index < -0.39 is 0 Å². The third-order valence-electron chi connectivity index (χ3n) is 3.93. The molecule has 0 unspecified atom stereocenters. The van der Waals surface area contributed by atoms with Gasteiger partial charge in [0.15, 0.2) is 5.96 Å². The summed E-state index contributed by atoms with van der Waals surface area (Å²) >= 11 is 1.46. The van der Waals surface area contributed by atoms with Gasteiger partial charge in [0.2, 0.25) is 0 Å². The maximum absolute atomic E-state index is 11.9. The number of rotatable bonds is 9. The minimum absolute atomic E-state index is 0.00301. The van der Waals surface area contributed by atoms with Crippen LogP contribution >= 0.6 is 11.3 Å². The fourth-order valence-electron chi connectivity index (χ4n) is 2.55. The van der Waals surface area contributed by atoms with Crippen LogP contribution in [0.25, 0.3) is 0 Å². The van der Waals surface area contributed by atoms with E-state index >= 15 is 0 Å². The summed E-state index contributed by atoms with van der Waals surface area (Å²) in [5.41, 5.74) is 2.60. The second kappa shape index (κ2) is 11.3. The van der Waals surface area contributed by atoms with Gasteiger partial charge < -0.3 is 16.0 Å². The van der Waals surface area contributed by atoms with Crippen LogP contribution < -0.4 is 16.0 Å². The highest BCUT2D eigenvalue weighted by molar-refractivity contribution is 7.12. The van der Waals surface area contributed by atoms with E-state index in [2.05, 4.69) is 59.1 Å². The summed E-state index contributed by atoms with van der Waals surface area (Å²) in [5, 5.41) is 11.4. The van der Waals surface area contributed by atoms with Crippen molar-refractivity contribution in [1.29, 1.82) is 0 Å². The average Bonchev–Trinajstić information content (AvgIpc) is 3.20. The van der Waals surface area contributed by atoms with Crippen LogP contribution in [-0.4, -0.2) is 31.5 Å². The number of hydrogen-bond donors (Lipinski definition) is 3. The Morgan fingerprint density at radius 2 is 1.77 bits per heavy atom. The molecule has 0 spiro atoms. The van der Waals surface area contributed by atoms with E-state index in [0.29, 0.717) is 13.1 Å².